The van der Waals surface area contributed by atoms with E-state index in [1.54, 1.807) is 48.5 Å². The number of benzene rings is 2. The molecular formula is C18H16ClNO4S. The first-order chi connectivity index (χ1) is 11.9. The predicted octanol–water partition coefficient (Wildman–Crippen LogP) is 3.72. The Morgan fingerprint density at radius 1 is 1.20 bits per heavy atom. The molecule has 0 radical (unpaired) electrons. The van der Waals surface area contributed by atoms with Gasteiger partial charge in [-0.1, -0.05) is 41.9 Å². The molecule has 0 aromatic heterocycles. The number of carboxylic acids is 1. The average molecular weight is 378 g/mol. The lowest BCUT2D eigenvalue weighted by molar-refractivity contribution is -0.137. The number of sulfonamides is 1. The van der Waals surface area contributed by atoms with Crippen molar-refractivity contribution < 1.29 is 18.3 Å². The van der Waals surface area contributed by atoms with E-state index < -0.39 is 16.0 Å². The number of halogens is 1. The van der Waals surface area contributed by atoms with Gasteiger partial charge in [-0.3, -0.25) is 9.10 Å². The molecule has 0 saturated carbocycles. The van der Waals surface area contributed by atoms with Gasteiger partial charge < -0.3 is 5.11 Å². The zero-order valence-corrected chi connectivity index (χ0v) is 14.7. The summed E-state index contributed by atoms with van der Waals surface area (Å²) in [5.74, 6) is -1.30. The van der Waals surface area contributed by atoms with Gasteiger partial charge in [-0.05, 0) is 35.4 Å². The predicted molar refractivity (Wildman–Crippen MR) is 98.2 cm³/mol. The van der Waals surface area contributed by atoms with Gasteiger partial charge in [-0.2, -0.15) is 0 Å². The number of carbonyl (C=O) groups is 1. The van der Waals surface area contributed by atoms with Crippen molar-refractivity contribution in [2.75, 3.05) is 10.8 Å². The number of nitrogens with zero attached hydrogens (tertiary/aromatic N) is 1. The number of para-hydroxylation sites is 1. The van der Waals surface area contributed by atoms with Gasteiger partial charge in [0.05, 0.1) is 17.5 Å². The van der Waals surface area contributed by atoms with E-state index in [4.69, 9.17) is 16.7 Å². The molecule has 0 spiro atoms. The van der Waals surface area contributed by atoms with E-state index in [1.807, 2.05) is 0 Å². The zero-order chi connectivity index (χ0) is 18.0. The average Bonchev–Trinajstić information content (AvgIpc) is 2.94. The SMILES string of the molecule is O=C(O)CC1CN(S(=O)(=O)/C=C/c2ccc(Cl)cc2)c2ccccc21. The topological polar surface area (TPSA) is 74.7 Å². The third-order valence-corrected chi connectivity index (χ3v) is 5.75. The molecule has 0 fully saturated rings. The molecule has 0 bridgehead atoms. The van der Waals surface area contributed by atoms with Gasteiger partial charge in [0.2, 0.25) is 0 Å². The minimum Gasteiger partial charge on any atom is -0.481 e. The Labute approximate surface area is 151 Å². The van der Waals surface area contributed by atoms with Crippen molar-refractivity contribution in [3.05, 3.63) is 70.1 Å². The van der Waals surface area contributed by atoms with Crippen LogP contribution in [0.25, 0.3) is 6.08 Å². The van der Waals surface area contributed by atoms with Crippen LogP contribution in [0.3, 0.4) is 0 Å². The smallest absolute Gasteiger partial charge is 0.304 e. The molecule has 1 unspecified atom stereocenters. The zero-order valence-electron chi connectivity index (χ0n) is 13.2. The van der Waals surface area contributed by atoms with Gasteiger partial charge in [0, 0.05) is 17.5 Å². The summed E-state index contributed by atoms with van der Waals surface area (Å²) < 4.78 is 26.7. The molecular weight excluding hydrogens is 362 g/mol. The molecule has 1 atom stereocenters. The summed E-state index contributed by atoms with van der Waals surface area (Å²) in [5, 5.41) is 10.8. The standard InChI is InChI=1S/C18H16ClNO4S/c19-15-7-5-13(6-8-15)9-10-25(23,24)20-12-14(11-18(21)22)16-3-1-2-4-17(16)20/h1-10,14H,11-12H2,(H,21,22)/b10-9+. The number of hydrogen-bond acceptors (Lipinski definition) is 3. The molecule has 1 heterocycles. The Morgan fingerprint density at radius 2 is 1.88 bits per heavy atom. The number of anilines is 1. The molecule has 1 aliphatic rings. The van der Waals surface area contributed by atoms with Crippen LogP contribution in [-0.4, -0.2) is 26.0 Å². The molecule has 25 heavy (non-hydrogen) atoms. The van der Waals surface area contributed by atoms with Gasteiger partial charge >= 0.3 is 5.97 Å². The first kappa shape index (κ1) is 17.5. The Bertz CT molecular complexity index is 922. The minimum atomic E-state index is -3.72. The van der Waals surface area contributed by atoms with Crippen LogP contribution in [0.15, 0.2) is 53.9 Å². The molecule has 5 nitrogen and oxygen atoms in total. The monoisotopic (exact) mass is 377 g/mol. The number of rotatable bonds is 5. The maximum absolute atomic E-state index is 12.7. The fraction of sp³-hybridized carbons (Fsp3) is 0.167. The third kappa shape index (κ3) is 3.86. The highest BCUT2D eigenvalue weighted by atomic mass is 35.5. The first-order valence-corrected chi connectivity index (χ1v) is 9.52. The summed E-state index contributed by atoms with van der Waals surface area (Å²) in [6.45, 7) is 0.124. The third-order valence-electron chi connectivity index (χ3n) is 4.06. The second-order valence-corrected chi connectivity index (χ2v) is 7.96. The largest absolute Gasteiger partial charge is 0.481 e. The molecule has 0 amide bonds. The lowest BCUT2D eigenvalue weighted by Gasteiger charge is -2.17. The molecule has 0 aliphatic carbocycles. The van der Waals surface area contributed by atoms with Gasteiger partial charge in [-0.15, -0.1) is 0 Å². The van der Waals surface area contributed by atoms with Crippen LogP contribution in [0.4, 0.5) is 5.69 Å². The summed E-state index contributed by atoms with van der Waals surface area (Å²) in [6.07, 6.45) is 1.39. The maximum atomic E-state index is 12.7. The van der Waals surface area contributed by atoms with E-state index in [1.165, 1.54) is 10.4 Å². The van der Waals surface area contributed by atoms with Gasteiger partial charge in [0.25, 0.3) is 10.0 Å². The molecule has 1 aliphatic heterocycles. The highest BCUT2D eigenvalue weighted by molar-refractivity contribution is 7.95. The van der Waals surface area contributed by atoms with Gasteiger partial charge in [0.1, 0.15) is 0 Å². The van der Waals surface area contributed by atoms with Crippen molar-refractivity contribution in [3.8, 4) is 0 Å². The number of aliphatic carboxylic acids is 1. The fourth-order valence-electron chi connectivity index (χ4n) is 2.89. The molecule has 2 aromatic rings. The molecule has 3 rings (SSSR count). The molecule has 2 aromatic carbocycles. The Balaban J connectivity index is 1.89. The van der Waals surface area contributed by atoms with Crippen molar-refractivity contribution in [1.82, 2.24) is 0 Å². The number of hydrogen-bond donors (Lipinski definition) is 1. The summed E-state index contributed by atoms with van der Waals surface area (Å²) in [4.78, 5) is 11.1. The van der Waals surface area contributed by atoms with Crippen LogP contribution >= 0.6 is 11.6 Å². The van der Waals surface area contributed by atoms with E-state index in [9.17, 15) is 13.2 Å². The summed E-state index contributed by atoms with van der Waals surface area (Å²) in [5.41, 5.74) is 1.99. The van der Waals surface area contributed by atoms with E-state index in [0.29, 0.717) is 16.3 Å². The Kier molecular flexibility index (Phi) is 4.83. The maximum Gasteiger partial charge on any atom is 0.304 e. The summed E-state index contributed by atoms with van der Waals surface area (Å²) >= 11 is 5.82. The highest BCUT2D eigenvalue weighted by Gasteiger charge is 2.35. The number of fused-ring (bicyclic) bond motifs is 1. The van der Waals surface area contributed by atoms with Crippen LogP contribution in [0.5, 0.6) is 0 Å². The van der Waals surface area contributed by atoms with Gasteiger partial charge in [0.15, 0.2) is 0 Å². The highest BCUT2D eigenvalue weighted by Crippen LogP contribution is 2.39. The van der Waals surface area contributed by atoms with Crippen molar-refractivity contribution in [3.63, 3.8) is 0 Å². The van der Waals surface area contributed by atoms with E-state index in [-0.39, 0.29) is 18.9 Å². The fourth-order valence-corrected chi connectivity index (χ4v) is 4.33. The lowest BCUT2D eigenvalue weighted by atomic mass is 9.98. The molecule has 130 valence electrons. The lowest BCUT2D eigenvalue weighted by Crippen LogP contribution is -2.28. The molecule has 1 N–H and O–H groups in total. The Hall–Kier alpha value is -2.31. The second-order valence-electron chi connectivity index (χ2n) is 5.78. The quantitative estimate of drug-likeness (QED) is 0.861. The van der Waals surface area contributed by atoms with Crippen LogP contribution in [-0.2, 0) is 14.8 Å². The van der Waals surface area contributed by atoms with Gasteiger partial charge in [-0.25, -0.2) is 8.42 Å². The van der Waals surface area contributed by atoms with E-state index in [0.717, 1.165) is 11.0 Å². The van der Waals surface area contributed by atoms with E-state index in [2.05, 4.69) is 0 Å². The molecule has 0 saturated heterocycles. The van der Waals surface area contributed by atoms with Crippen molar-refractivity contribution in [2.45, 2.75) is 12.3 Å². The van der Waals surface area contributed by atoms with E-state index >= 15 is 0 Å². The summed E-state index contributed by atoms with van der Waals surface area (Å²) in [7, 11) is -3.72. The van der Waals surface area contributed by atoms with Crippen LogP contribution in [0.1, 0.15) is 23.5 Å². The normalized spacial score (nSPS) is 17.0. The second kappa shape index (κ2) is 6.90. The molecule has 7 heteroatoms. The van der Waals surface area contributed by atoms with Crippen LogP contribution in [0.2, 0.25) is 5.02 Å². The minimum absolute atomic E-state index is 0.107. The summed E-state index contributed by atoms with van der Waals surface area (Å²) in [6, 6.07) is 13.8. The first-order valence-electron chi connectivity index (χ1n) is 7.64. The Morgan fingerprint density at radius 3 is 2.56 bits per heavy atom. The van der Waals surface area contributed by atoms with Crippen LogP contribution < -0.4 is 4.31 Å². The van der Waals surface area contributed by atoms with Crippen molar-refractivity contribution in [1.29, 1.82) is 0 Å². The van der Waals surface area contributed by atoms with Crippen molar-refractivity contribution >= 4 is 39.4 Å². The van der Waals surface area contributed by atoms with Crippen molar-refractivity contribution in [2.24, 2.45) is 0 Å². The van der Waals surface area contributed by atoms with Crippen LogP contribution in [0, 0.1) is 0 Å². The number of carboxylic acid groups (broad SMARTS) is 1.